The molecule has 0 aliphatic rings. The maximum absolute atomic E-state index is 10.5. The highest BCUT2D eigenvalue weighted by atomic mass is 16.4. The summed E-state index contributed by atoms with van der Waals surface area (Å²) < 4.78 is 0. The summed E-state index contributed by atoms with van der Waals surface area (Å²) >= 11 is 0. The number of azide groups is 1. The molecule has 0 aliphatic heterocycles. The van der Waals surface area contributed by atoms with E-state index in [0.717, 1.165) is 0 Å². The van der Waals surface area contributed by atoms with Crippen molar-refractivity contribution >= 4 is 5.97 Å². The Morgan fingerprint density at radius 1 is 1.75 bits per heavy atom. The van der Waals surface area contributed by atoms with Gasteiger partial charge in [0.25, 0.3) is 0 Å². The molecule has 0 amide bonds. The number of carboxylic acid groups (broad SMARTS) is 1. The first-order valence-electron chi connectivity index (χ1n) is 3.60. The van der Waals surface area contributed by atoms with Crippen LogP contribution in [0.25, 0.3) is 10.4 Å². The van der Waals surface area contributed by atoms with Gasteiger partial charge in [0.2, 0.25) is 0 Å². The molecule has 12 heavy (non-hydrogen) atoms. The van der Waals surface area contributed by atoms with Crippen LogP contribution in [0.1, 0.15) is 20.3 Å². The third-order valence-corrected chi connectivity index (χ3v) is 1.26. The van der Waals surface area contributed by atoms with Gasteiger partial charge in [-0.25, -0.2) is 10.2 Å². The molecule has 2 N–H and O–H groups in total. The van der Waals surface area contributed by atoms with Gasteiger partial charge in [0.05, 0.1) is 0 Å². The third-order valence-electron chi connectivity index (χ3n) is 1.26. The van der Waals surface area contributed by atoms with Crippen molar-refractivity contribution in [2.45, 2.75) is 26.3 Å². The first-order chi connectivity index (χ1) is 5.57. The molecule has 0 aliphatic carbocycles. The molecule has 0 aromatic heterocycles. The van der Waals surface area contributed by atoms with E-state index in [4.69, 9.17) is 10.6 Å². The monoisotopic (exact) mass is 172 g/mol. The van der Waals surface area contributed by atoms with Gasteiger partial charge >= 0.3 is 5.97 Å². The van der Waals surface area contributed by atoms with Gasteiger partial charge in [-0.1, -0.05) is 13.8 Å². The molecule has 0 aromatic rings. The van der Waals surface area contributed by atoms with E-state index in [1.807, 2.05) is 13.8 Å². The average molecular weight is 172 g/mol. The minimum Gasteiger partial charge on any atom is -0.478 e. The van der Waals surface area contributed by atoms with Crippen molar-refractivity contribution in [3.05, 3.63) is 10.4 Å². The van der Waals surface area contributed by atoms with Crippen LogP contribution in [0.2, 0.25) is 0 Å². The lowest BCUT2D eigenvalue weighted by Crippen LogP contribution is -2.33. The molecule has 0 fully saturated rings. The van der Waals surface area contributed by atoms with Crippen LogP contribution < -0.4 is 5.43 Å². The maximum Gasteiger partial charge on any atom is 0.349 e. The zero-order chi connectivity index (χ0) is 9.56. The highest BCUT2D eigenvalue weighted by molar-refractivity contribution is 5.73. The summed E-state index contributed by atoms with van der Waals surface area (Å²) in [4.78, 5) is 12.9. The lowest BCUT2D eigenvalue weighted by atomic mass is 10.0. The second-order valence-corrected chi connectivity index (χ2v) is 2.84. The number of hydrogen-bond acceptors (Lipinski definition) is 2. The fourth-order valence-electron chi connectivity index (χ4n) is 0.776. The Balaban J connectivity index is 4.04. The molecule has 68 valence electrons. The van der Waals surface area contributed by atoms with Crippen molar-refractivity contribution in [3.63, 3.8) is 0 Å². The molecule has 0 heterocycles. The van der Waals surface area contributed by atoms with Gasteiger partial charge in [-0.3, -0.25) is 0 Å². The summed E-state index contributed by atoms with van der Waals surface area (Å²) in [6.07, 6.45) is 0.439. The van der Waals surface area contributed by atoms with E-state index in [1.54, 1.807) is 0 Å². The van der Waals surface area contributed by atoms with Crippen molar-refractivity contribution in [1.29, 1.82) is 0 Å². The van der Waals surface area contributed by atoms with Gasteiger partial charge in [0, 0.05) is 6.42 Å². The Morgan fingerprint density at radius 2 is 2.33 bits per heavy atom. The zero-order valence-corrected chi connectivity index (χ0v) is 7.06. The molecule has 1 atom stereocenters. The maximum atomic E-state index is 10.5. The lowest BCUT2D eigenvalue weighted by molar-refractivity contribution is -0.139. The Kier molecular flexibility index (Phi) is 4.64. The zero-order valence-electron chi connectivity index (χ0n) is 7.06. The highest BCUT2D eigenvalue weighted by Gasteiger charge is 2.20. The van der Waals surface area contributed by atoms with E-state index < -0.39 is 12.0 Å². The number of rotatable bonds is 5. The van der Waals surface area contributed by atoms with Gasteiger partial charge in [-0.15, -0.1) is 5.53 Å². The number of nitrogens with one attached hydrogen (secondary N) is 1. The van der Waals surface area contributed by atoms with Gasteiger partial charge in [0.1, 0.15) is 0 Å². The number of carbonyl (C=O) groups is 1. The fraction of sp³-hybridized carbons (Fsp3) is 0.833. The first-order valence-corrected chi connectivity index (χ1v) is 3.60. The van der Waals surface area contributed by atoms with Crippen LogP contribution in [0.15, 0.2) is 5.22 Å². The van der Waals surface area contributed by atoms with E-state index in [2.05, 4.69) is 15.6 Å². The topological polar surface area (TPSA) is 98.1 Å². The quantitative estimate of drug-likeness (QED) is 0.283. The van der Waals surface area contributed by atoms with Crippen LogP contribution in [0.5, 0.6) is 0 Å². The molecule has 0 radical (unpaired) electrons. The average Bonchev–Trinajstić information content (AvgIpc) is 1.96. The van der Waals surface area contributed by atoms with E-state index in [9.17, 15) is 4.79 Å². The molecule has 0 saturated carbocycles. The molecule has 0 rings (SSSR count). The van der Waals surface area contributed by atoms with Crippen molar-refractivity contribution in [3.8, 4) is 0 Å². The SMILES string of the molecule is CC(C)C[C@H](NN=[N+]=[N-])C(=O)O. The molecule has 0 bridgehead atoms. The summed E-state index contributed by atoms with van der Waals surface area (Å²) in [5.41, 5.74) is 10.1. The Morgan fingerprint density at radius 3 is 2.67 bits per heavy atom. The predicted molar refractivity (Wildman–Crippen MR) is 43.2 cm³/mol. The minimum atomic E-state index is -1.00. The summed E-state index contributed by atoms with van der Waals surface area (Å²) in [7, 11) is 0. The largest absolute Gasteiger partial charge is 0.478 e. The number of nitrogens with zero attached hydrogens (tertiary/aromatic N) is 3. The normalized spacial score (nSPS) is 11.9. The van der Waals surface area contributed by atoms with E-state index in [1.165, 1.54) is 0 Å². The van der Waals surface area contributed by atoms with Crippen LogP contribution in [-0.2, 0) is 4.79 Å². The van der Waals surface area contributed by atoms with Crippen LogP contribution >= 0.6 is 0 Å². The summed E-state index contributed by atoms with van der Waals surface area (Å²) in [5, 5.41) is 11.6. The standard InChI is InChI=1S/C6H12N4O2/c1-4(2)3-5(6(11)12)8-10-9-7/h4-5,8H,3H2,1-2H3,(H,11,12)/t5-/m0/s1. The summed E-state index contributed by atoms with van der Waals surface area (Å²) in [6.45, 7) is 3.79. The fourth-order valence-corrected chi connectivity index (χ4v) is 0.776. The first kappa shape index (κ1) is 10.6. The summed E-state index contributed by atoms with van der Waals surface area (Å²) in [5.74, 6) is -0.761. The number of aliphatic carboxylic acids is 1. The third kappa shape index (κ3) is 4.40. The molecule has 0 unspecified atom stereocenters. The van der Waals surface area contributed by atoms with Crippen molar-refractivity contribution in [2.24, 2.45) is 11.1 Å². The van der Waals surface area contributed by atoms with Crippen molar-refractivity contribution in [2.75, 3.05) is 0 Å². The molecule has 6 nitrogen and oxygen atoms in total. The number of carboxylic acids is 1. The van der Waals surface area contributed by atoms with E-state index in [0.29, 0.717) is 6.42 Å². The van der Waals surface area contributed by atoms with Crippen LogP contribution in [0, 0.1) is 5.92 Å². The smallest absolute Gasteiger partial charge is 0.349 e. The van der Waals surface area contributed by atoms with Gasteiger partial charge in [-0.2, -0.15) is 4.91 Å². The second-order valence-electron chi connectivity index (χ2n) is 2.84. The summed E-state index contributed by atoms with van der Waals surface area (Å²) in [6, 6.07) is -0.791. The van der Waals surface area contributed by atoms with Crippen LogP contribution in [-0.4, -0.2) is 17.1 Å². The molecule has 0 aromatic carbocycles. The minimum absolute atomic E-state index is 0.243. The van der Waals surface area contributed by atoms with E-state index in [-0.39, 0.29) is 5.92 Å². The lowest BCUT2D eigenvalue weighted by Gasteiger charge is -2.09. The van der Waals surface area contributed by atoms with E-state index >= 15 is 0 Å². The van der Waals surface area contributed by atoms with Gasteiger partial charge in [0.15, 0.2) is 6.04 Å². The molecule has 0 spiro atoms. The van der Waals surface area contributed by atoms with Gasteiger partial charge < -0.3 is 5.11 Å². The molecular formula is C6H12N4O2. The Bertz CT molecular complexity index is 198. The molecular weight excluding hydrogens is 160 g/mol. The van der Waals surface area contributed by atoms with Crippen molar-refractivity contribution in [1.82, 2.24) is 5.43 Å². The predicted octanol–water partition coefficient (Wildman–Crippen LogP) is 1.30. The Labute approximate surface area is 70.2 Å². The van der Waals surface area contributed by atoms with Crippen LogP contribution in [0.3, 0.4) is 0 Å². The van der Waals surface area contributed by atoms with Crippen molar-refractivity contribution < 1.29 is 9.90 Å². The molecule has 0 saturated heterocycles. The van der Waals surface area contributed by atoms with Gasteiger partial charge in [-0.05, 0) is 11.1 Å². The Hall–Kier alpha value is -1.42. The number of hydrogen-bond donors (Lipinski definition) is 2. The second kappa shape index (κ2) is 5.26. The molecule has 6 heteroatoms. The van der Waals surface area contributed by atoms with Crippen LogP contribution in [0.4, 0.5) is 0 Å². The highest BCUT2D eigenvalue weighted by Crippen LogP contribution is 2.04.